The largest absolute Gasteiger partial charge is 0.339 e. The molecule has 0 bridgehead atoms. The Morgan fingerprint density at radius 1 is 0.902 bits per heavy atom. The molecule has 6 rings (SSSR count). The summed E-state index contributed by atoms with van der Waals surface area (Å²) in [4.78, 5) is 32.6. The summed E-state index contributed by atoms with van der Waals surface area (Å²) in [6.07, 6.45) is 4.55. The predicted octanol–water partition coefficient (Wildman–Crippen LogP) is 4.75. The van der Waals surface area contributed by atoms with Crippen molar-refractivity contribution in [3.05, 3.63) is 81.2 Å². The number of fused-ring (bicyclic) bond motifs is 2. The molecule has 1 aromatic heterocycles. The Balaban J connectivity index is 1.22. The summed E-state index contributed by atoms with van der Waals surface area (Å²) in [5, 5.41) is 3.62. The molecule has 1 saturated heterocycles. The molecule has 3 aliphatic rings. The van der Waals surface area contributed by atoms with E-state index in [-0.39, 0.29) is 16.7 Å². The van der Waals surface area contributed by atoms with Gasteiger partial charge in [-0.15, -0.1) is 11.3 Å². The molecule has 10 heteroatoms. The molecular formula is C31H36N4O4S2. The number of anilines is 1. The first kappa shape index (κ1) is 28.1. The first-order chi connectivity index (χ1) is 19.8. The van der Waals surface area contributed by atoms with Crippen LogP contribution in [0, 0.1) is 0 Å². The van der Waals surface area contributed by atoms with Crippen LogP contribution in [-0.4, -0.2) is 67.1 Å². The number of hydrogen-bond acceptors (Lipinski definition) is 6. The maximum absolute atomic E-state index is 13.6. The fraction of sp³-hybridized carbons (Fsp3) is 0.419. The van der Waals surface area contributed by atoms with Gasteiger partial charge in [0.1, 0.15) is 5.00 Å². The lowest BCUT2D eigenvalue weighted by atomic mass is 10.0. The highest BCUT2D eigenvalue weighted by atomic mass is 32.2. The Hall–Kier alpha value is -3.05. The molecule has 41 heavy (non-hydrogen) atoms. The summed E-state index contributed by atoms with van der Waals surface area (Å²) in [7, 11) is -3.70. The smallest absolute Gasteiger partial charge is 0.257 e. The molecule has 0 aliphatic carbocycles. The van der Waals surface area contributed by atoms with Gasteiger partial charge in [0.05, 0.1) is 10.5 Å². The van der Waals surface area contributed by atoms with Crippen molar-refractivity contribution < 1.29 is 18.0 Å². The summed E-state index contributed by atoms with van der Waals surface area (Å²) in [5.74, 6) is -0.343. The van der Waals surface area contributed by atoms with E-state index in [1.807, 2.05) is 29.2 Å². The standard InChI is InChI=1S/C31H36N4O4S2/c1-2-15-33-18-14-26-27(21-33)40-30(28(26)31(37)34-16-5-6-17-34)32-29(36)23-9-11-25(12-10-23)41(38,39)35-19-13-22-7-3-4-8-24(22)20-35/h3-4,7-12H,2,5-6,13-21H2,1H3,(H,32,36). The third kappa shape index (κ3) is 5.58. The van der Waals surface area contributed by atoms with Crippen molar-refractivity contribution in [2.75, 3.05) is 38.0 Å². The summed E-state index contributed by atoms with van der Waals surface area (Å²) < 4.78 is 28.3. The summed E-state index contributed by atoms with van der Waals surface area (Å²) in [5.41, 5.74) is 4.27. The van der Waals surface area contributed by atoms with Crippen molar-refractivity contribution in [1.29, 1.82) is 0 Å². The second-order valence-corrected chi connectivity index (χ2v) is 14.1. The molecule has 0 spiro atoms. The molecule has 2 aromatic carbocycles. The molecule has 3 aromatic rings. The lowest BCUT2D eigenvalue weighted by Crippen LogP contribution is -2.35. The highest BCUT2D eigenvalue weighted by Crippen LogP contribution is 2.39. The molecule has 0 atom stereocenters. The van der Waals surface area contributed by atoms with Crippen molar-refractivity contribution in [1.82, 2.24) is 14.1 Å². The highest BCUT2D eigenvalue weighted by molar-refractivity contribution is 7.89. The number of benzene rings is 2. The minimum absolute atomic E-state index is 0.00351. The van der Waals surface area contributed by atoms with E-state index in [4.69, 9.17) is 0 Å². The van der Waals surface area contributed by atoms with Gasteiger partial charge in [-0.3, -0.25) is 14.5 Å². The Morgan fingerprint density at radius 3 is 2.37 bits per heavy atom. The zero-order chi connectivity index (χ0) is 28.6. The Labute approximate surface area is 246 Å². The average molecular weight is 593 g/mol. The topological polar surface area (TPSA) is 90.0 Å². The van der Waals surface area contributed by atoms with E-state index >= 15 is 0 Å². The van der Waals surface area contributed by atoms with Crippen molar-refractivity contribution in [2.45, 2.75) is 57.0 Å². The van der Waals surface area contributed by atoms with Crippen LogP contribution in [0.25, 0.3) is 0 Å². The van der Waals surface area contributed by atoms with E-state index in [2.05, 4.69) is 17.1 Å². The number of likely N-dealkylation sites (tertiary alicyclic amines) is 1. The Bertz CT molecular complexity index is 1560. The van der Waals surface area contributed by atoms with Crippen LogP contribution in [0.2, 0.25) is 0 Å². The van der Waals surface area contributed by atoms with E-state index in [9.17, 15) is 18.0 Å². The normalized spacial score (nSPS) is 17.7. The second kappa shape index (κ2) is 11.7. The van der Waals surface area contributed by atoms with Crippen LogP contribution >= 0.6 is 11.3 Å². The second-order valence-electron chi connectivity index (χ2n) is 11.1. The Morgan fingerprint density at radius 2 is 1.63 bits per heavy atom. The van der Waals surface area contributed by atoms with E-state index in [0.29, 0.717) is 35.6 Å². The van der Waals surface area contributed by atoms with Gasteiger partial charge in [-0.05, 0) is 79.6 Å². The molecule has 1 N–H and O–H groups in total. The van der Waals surface area contributed by atoms with Crippen LogP contribution in [0.1, 0.15) is 68.5 Å². The number of nitrogens with one attached hydrogen (secondary N) is 1. The van der Waals surface area contributed by atoms with Crippen LogP contribution in [0.3, 0.4) is 0 Å². The number of hydrogen-bond donors (Lipinski definition) is 1. The molecule has 8 nitrogen and oxygen atoms in total. The van der Waals surface area contributed by atoms with Gasteiger partial charge in [-0.1, -0.05) is 31.2 Å². The monoisotopic (exact) mass is 592 g/mol. The average Bonchev–Trinajstić information content (AvgIpc) is 3.65. The van der Waals surface area contributed by atoms with Gasteiger partial charge in [-0.2, -0.15) is 4.31 Å². The van der Waals surface area contributed by atoms with Crippen LogP contribution in [-0.2, 0) is 36.0 Å². The van der Waals surface area contributed by atoms with E-state index < -0.39 is 10.0 Å². The minimum Gasteiger partial charge on any atom is -0.339 e. The van der Waals surface area contributed by atoms with Gasteiger partial charge in [0, 0.05) is 49.7 Å². The first-order valence-electron chi connectivity index (χ1n) is 14.5. The fourth-order valence-electron chi connectivity index (χ4n) is 6.13. The number of rotatable bonds is 7. The van der Waals surface area contributed by atoms with Gasteiger partial charge >= 0.3 is 0 Å². The molecule has 1 fully saturated rings. The molecule has 0 radical (unpaired) electrons. The van der Waals surface area contributed by atoms with Crippen molar-refractivity contribution in [2.24, 2.45) is 0 Å². The van der Waals surface area contributed by atoms with Crippen LogP contribution in [0.15, 0.2) is 53.4 Å². The molecule has 3 aliphatic heterocycles. The lowest BCUT2D eigenvalue weighted by Gasteiger charge is -2.28. The number of sulfonamides is 1. The number of nitrogens with zero attached hydrogens (tertiary/aromatic N) is 3. The van der Waals surface area contributed by atoms with E-state index in [1.54, 1.807) is 12.1 Å². The molecule has 0 saturated carbocycles. The van der Waals surface area contributed by atoms with Gasteiger partial charge in [0.25, 0.3) is 11.8 Å². The zero-order valence-electron chi connectivity index (χ0n) is 23.4. The molecule has 216 valence electrons. The predicted molar refractivity (Wildman–Crippen MR) is 161 cm³/mol. The lowest BCUT2D eigenvalue weighted by molar-refractivity contribution is 0.0792. The van der Waals surface area contributed by atoms with E-state index in [1.165, 1.54) is 33.3 Å². The SMILES string of the molecule is CCCN1CCc2c(sc(NC(=O)c3ccc(S(=O)(=O)N4CCc5ccccc5C4)cc3)c2C(=O)N2CCCC2)C1. The van der Waals surface area contributed by atoms with Crippen LogP contribution in [0.5, 0.6) is 0 Å². The number of thiophene rings is 1. The van der Waals surface area contributed by atoms with Gasteiger partial charge in [-0.25, -0.2) is 8.42 Å². The zero-order valence-corrected chi connectivity index (χ0v) is 25.0. The van der Waals surface area contributed by atoms with Crippen LogP contribution in [0.4, 0.5) is 5.00 Å². The molecule has 0 unspecified atom stereocenters. The number of amides is 2. The number of carbonyl (C=O) groups is 2. The Kier molecular flexibility index (Phi) is 8.00. The highest BCUT2D eigenvalue weighted by Gasteiger charge is 2.32. The van der Waals surface area contributed by atoms with E-state index in [0.717, 1.165) is 74.4 Å². The number of carbonyl (C=O) groups excluding carboxylic acids is 2. The van der Waals surface area contributed by atoms with Crippen LogP contribution < -0.4 is 5.32 Å². The summed E-state index contributed by atoms with van der Waals surface area (Å²) in [6.45, 7) is 7.13. The maximum atomic E-state index is 13.6. The third-order valence-corrected chi connectivity index (χ3v) is 11.4. The fourth-order valence-corrected chi connectivity index (χ4v) is 8.83. The molecular weight excluding hydrogens is 556 g/mol. The van der Waals surface area contributed by atoms with Gasteiger partial charge < -0.3 is 10.2 Å². The van der Waals surface area contributed by atoms with Crippen molar-refractivity contribution in [3.63, 3.8) is 0 Å². The summed E-state index contributed by atoms with van der Waals surface area (Å²) in [6, 6.07) is 14.0. The summed E-state index contributed by atoms with van der Waals surface area (Å²) >= 11 is 1.50. The van der Waals surface area contributed by atoms with Crippen molar-refractivity contribution >= 4 is 38.2 Å². The molecule has 4 heterocycles. The first-order valence-corrected chi connectivity index (χ1v) is 16.8. The van der Waals surface area contributed by atoms with Crippen molar-refractivity contribution in [3.8, 4) is 0 Å². The molecule has 2 amide bonds. The quantitative estimate of drug-likeness (QED) is 0.428. The third-order valence-electron chi connectivity index (χ3n) is 8.36. The van der Waals surface area contributed by atoms with Gasteiger partial charge in [0.15, 0.2) is 0 Å². The van der Waals surface area contributed by atoms with Gasteiger partial charge in [0.2, 0.25) is 10.0 Å². The minimum atomic E-state index is -3.70. The maximum Gasteiger partial charge on any atom is 0.257 e.